The molecule has 0 saturated heterocycles. The molecule has 0 atom stereocenters. The summed E-state index contributed by atoms with van der Waals surface area (Å²) in [6.45, 7) is 0.809. The van der Waals surface area contributed by atoms with Crippen molar-refractivity contribution in [1.82, 2.24) is 0 Å². The Balaban J connectivity index is 0.00000144. The number of halogens is 2. The van der Waals surface area contributed by atoms with Crippen LogP contribution < -0.4 is 10.5 Å². The lowest BCUT2D eigenvalue weighted by atomic mass is 9.87. The third-order valence-corrected chi connectivity index (χ3v) is 3.46. The maximum Gasteiger partial charge on any atom is 0.121 e. The van der Waals surface area contributed by atoms with E-state index in [-0.39, 0.29) is 12.4 Å². The van der Waals surface area contributed by atoms with Crippen molar-refractivity contribution < 1.29 is 4.74 Å². The van der Waals surface area contributed by atoms with E-state index in [1.54, 1.807) is 0 Å². The Morgan fingerprint density at radius 2 is 1.94 bits per heavy atom. The third kappa shape index (κ3) is 4.38. The van der Waals surface area contributed by atoms with Crippen molar-refractivity contribution in [2.75, 3.05) is 6.54 Å². The lowest BCUT2D eigenvalue weighted by molar-refractivity contribution is 0.133. The summed E-state index contributed by atoms with van der Waals surface area (Å²) in [5.74, 6) is 1.57. The molecule has 4 heteroatoms. The van der Waals surface area contributed by atoms with Crippen molar-refractivity contribution in [3.63, 3.8) is 0 Å². The Bertz CT molecular complexity index is 338. The summed E-state index contributed by atoms with van der Waals surface area (Å²) in [7, 11) is 0. The van der Waals surface area contributed by atoms with E-state index in [2.05, 4.69) is 0 Å². The minimum Gasteiger partial charge on any atom is -0.490 e. The van der Waals surface area contributed by atoms with Crippen LogP contribution in [-0.4, -0.2) is 12.6 Å². The van der Waals surface area contributed by atoms with Crippen LogP contribution in [0.1, 0.15) is 25.7 Å². The highest BCUT2D eigenvalue weighted by molar-refractivity contribution is 6.30. The number of benzene rings is 1. The maximum absolute atomic E-state index is 5.91. The van der Waals surface area contributed by atoms with Gasteiger partial charge in [-0.25, -0.2) is 0 Å². The van der Waals surface area contributed by atoms with Gasteiger partial charge in [-0.1, -0.05) is 17.7 Å². The molecule has 0 unspecified atom stereocenters. The summed E-state index contributed by atoms with van der Waals surface area (Å²) in [6, 6.07) is 7.61. The lowest BCUT2D eigenvalue weighted by Crippen LogP contribution is -2.27. The van der Waals surface area contributed by atoms with Gasteiger partial charge in [0.15, 0.2) is 0 Å². The van der Waals surface area contributed by atoms with E-state index in [4.69, 9.17) is 22.1 Å². The molecule has 0 amide bonds. The second-order valence-corrected chi connectivity index (χ2v) is 4.89. The predicted octanol–water partition coefficient (Wildman–Crippen LogP) is 3.66. The van der Waals surface area contributed by atoms with E-state index < -0.39 is 0 Å². The molecule has 0 heterocycles. The van der Waals surface area contributed by atoms with E-state index in [1.807, 2.05) is 24.3 Å². The maximum atomic E-state index is 5.91. The number of ether oxygens (including phenoxy) is 1. The Hall–Kier alpha value is -0.440. The molecule has 0 spiro atoms. The fourth-order valence-corrected chi connectivity index (χ4v) is 2.40. The SMILES string of the molecule is Cl.NCC1CCC(Oc2cccc(Cl)c2)CC1. The van der Waals surface area contributed by atoms with Crippen LogP contribution in [0.5, 0.6) is 5.75 Å². The van der Waals surface area contributed by atoms with Crippen LogP contribution in [0, 0.1) is 5.92 Å². The predicted molar refractivity (Wildman–Crippen MR) is 74.1 cm³/mol. The standard InChI is InChI=1S/C13H18ClNO.ClH/c14-11-2-1-3-13(8-11)16-12-6-4-10(9-15)5-7-12;/h1-3,8,10,12H,4-7,9,15H2;1H. The lowest BCUT2D eigenvalue weighted by Gasteiger charge is -2.28. The van der Waals surface area contributed by atoms with Crippen molar-refractivity contribution in [2.45, 2.75) is 31.8 Å². The molecule has 0 aromatic heterocycles. The molecule has 0 bridgehead atoms. The van der Waals surface area contributed by atoms with Crippen LogP contribution in [0.2, 0.25) is 5.02 Å². The minimum atomic E-state index is 0. The summed E-state index contributed by atoms with van der Waals surface area (Å²) in [5.41, 5.74) is 5.66. The Kier molecular flexibility index (Phi) is 6.10. The van der Waals surface area contributed by atoms with Gasteiger partial charge in [-0.15, -0.1) is 12.4 Å². The molecule has 0 radical (unpaired) electrons. The van der Waals surface area contributed by atoms with Gasteiger partial charge in [-0.2, -0.15) is 0 Å². The smallest absolute Gasteiger partial charge is 0.121 e. The van der Waals surface area contributed by atoms with Crippen LogP contribution in [0.25, 0.3) is 0 Å². The Morgan fingerprint density at radius 1 is 1.24 bits per heavy atom. The van der Waals surface area contributed by atoms with Crippen LogP contribution in [0.3, 0.4) is 0 Å². The number of hydrogen-bond donors (Lipinski definition) is 1. The summed E-state index contributed by atoms with van der Waals surface area (Å²) >= 11 is 5.91. The molecular weight excluding hydrogens is 257 g/mol. The van der Waals surface area contributed by atoms with Gasteiger partial charge in [0, 0.05) is 5.02 Å². The fraction of sp³-hybridized carbons (Fsp3) is 0.538. The van der Waals surface area contributed by atoms with Gasteiger partial charge in [0.1, 0.15) is 5.75 Å². The molecule has 0 aliphatic heterocycles. The average molecular weight is 276 g/mol. The molecular formula is C13H19Cl2NO. The number of nitrogens with two attached hydrogens (primary N) is 1. The average Bonchev–Trinajstić information content (AvgIpc) is 2.30. The molecule has 96 valence electrons. The van der Waals surface area contributed by atoms with Crippen molar-refractivity contribution in [3.8, 4) is 5.75 Å². The molecule has 1 saturated carbocycles. The van der Waals surface area contributed by atoms with E-state index in [0.29, 0.717) is 12.0 Å². The van der Waals surface area contributed by atoms with Crippen molar-refractivity contribution >= 4 is 24.0 Å². The Labute approximate surface area is 114 Å². The zero-order valence-electron chi connectivity index (χ0n) is 9.77. The van der Waals surface area contributed by atoms with Gasteiger partial charge in [0.25, 0.3) is 0 Å². The second kappa shape index (κ2) is 7.10. The van der Waals surface area contributed by atoms with Crippen LogP contribution in [0.4, 0.5) is 0 Å². The normalized spacial score (nSPS) is 23.9. The van der Waals surface area contributed by atoms with E-state index in [9.17, 15) is 0 Å². The van der Waals surface area contributed by atoms with Gasteiger partial charge in [0.2, 0.25) is 0 Å². The first-order valence-electron chi connectivity index (χ1n) is 5.90. The molecule has 17 heavy (non-hydrogen) atoms. The first kappa shape index (κ1) is 14.6. The second-order valence-electron chi connectivity index (χ2n) is 4.45. The van der Waals surface area contributed by atoms with Crippen LogP contribution >= 0.6 is 24.0 Å². The Morgan fingerprint density at radius 3 is 2.53 bits per heavy atom. The van der Waals surface area contributed by atoms with E-state index >= 15 is 0 Å². The van der Waals surface area contributed by atoms with Crippen molar-refractivity contribution in [1.29, 1.82) is 0 Å². The third-order valence-electron chi connectivity index (χ3n) is 3.23. The molecule has 1 aliphatic carbocycles. The first-order chi connectivity index (χ1) is 7.78. The highest BCUT2D eigenvalue weighted by Crippen LogP contribution is 2.27. The van der Waals surface area contributed by atoms with Gasteiger partial charge < -0.3 is 10.5 Å². The molecule has 2 rings (SSSR count). The van der Waals surface area contributed by atoms with Gasteiger partial charge in [-0.3, -0.25) is 0 Å². The van der Waals surface area contributed by atoms with Crippen molar-refractivity contribution in [3.05, 3.63) is 29.3 Å². The zero-order chi connectivity index (χ0) is 11.4. The molecule has 2 nitrogen and oxygen atoms in total. The largest absolute Gasteiger partial charge is 0.490 e. The summed E-state index contributed by atoms with van der Waals surface area (Å²) < 4.78 is 5.90. The monoisotopic (exact) mass is 275 g/mol. The zero-order valence-corrected chi connectivity index (χ0v) is 11.3. The molecule has 1 aromatic rings. The highest BCUT2D eigenvalue weighted by atomic mass is 35.5. The molecule has 2 N–H and O–H groups in total. The number of rotatable bonds is 3. The van der Waals surface area contributed by atoms with E-state index in [0.717, 1.165) is 30.2 Å². The first-order valence-corrected chi connectivity index (χ1v) is 6.28. The van der Waals surface area contributed by atoms with Crippen LogP contribution in [-0.2, 0) is 0 Å². The van der Waals surface area contributed by atoms with Crippen LogP contribution in [0.15, 0.2) is 24.3 Å². The summed E-state index contributed by atoms with van der Waals surface area (Å²) in [6.07, 6.45) is 4.91. The van der Waals surface area contributed by atoms with Gasteiger partial charge >= 0.3 is 0 Å². The van der Waals surface area contributed by atoms with Gasteiger partial charge in [-0.05, 0) is 56.3 Å². The topological polar surface area (TPSA) is 35.2 Å². The molecule has 1 fully saturated rings. The highest BCUT2D eigenvalue weighted by Gasteiger charge is 2.21. The van der Waals surface area contributed by atoms with Gasteiger partial charge in [0.05, 0.1) is 6.10 Å². The summed E-state index contributed by atoms with van der Waals surface area (Å²) in [4.78, 5) is 0. The number of hydrogen-bond acceptors (Lipinski definition) is 2. The van der Waals surface area contributed by atoms with E-state index in [1.165, 1.54) is 12.8 Å². The molecule has 1 aromatic carbocycles. The molecule has 1 aliphatic rings. The van der Waals surface area contributed by atoms with Crippen molar-refractivity contribution in [2.24, 2.45) is 11.7 Å². The summed E-state index contributed by atoms with van der Waals surface area (Å²) in [5, 5.41) is 0.730. The minimum absolute atomic E-state index is 0. The fourth-order valence-electron chi connectivity index (χ4n) is 2.22. The quantitative estimate of drug-likeness (QED) is 0.914.